The van der Waals surface area contributed by atoms with Crippen LogP contribution in [-0.4, -0.2) is 29.7 Å². The second kappa shape index (κ2) is 5.28. The highest BCUT2D eigenvalue weighted by Crippen LogP contribution is 2.42. The molecule has 1 saturated carbocycles. The van der Waals surface area contributed by atoms with Gasteiger partial charge in [-0.25, -0.2) is 0 Å². The molecule has 1 unspecified atom stereocenters. The topological polar surface area (TPSA) is 46.5 Å². The van der Waals surface area contributed by atoms with Crippen molar-refractivity contribution in [3.8, 4) is 0 Å². The Labute approximate surface area is 97.2 Å². The number of aliphatic hydroxyl groups excluding tert-OH is 1. The zero-order chi connectivity index (χ0) is 11.4. The fourth-order valence-electron chi connectivity index (χ4n) is 3.13. The number of Topliss-reactive ketones (excluding diaryl/α,β-unsaturated/α-hetero) is 1. The summed E-state index contributed by atoms with van der Waals surface area (Å²) in [6.07, 6.45) is 7.73. The summed E-state index contributed by atoms with van der Waals surface area (Å²) in [5, 5.41) is 8.74. The molecular formula is C13H22O3. The summed E-state index contributed by atoms with van der Waals surface area (Å²) in [4.78, 5) is 11.9. The van der Waals surface area contributed by atoms with Gasteiger partial charge in [-0.3, -0.25) is 4.79 Å². The molecule has 3 heteroatoms. The number of aliphatic hydroxyl groups is 1. The summed E-state index contributed by atoms with van der Waals surface area (Å²) >= 11 is 0. The fraction of sp³-hybridized carbons (Fsp3) is 0.923. The molecule has 92 valence electrons. The van der Waals surface area contributed by atoms with E-state index in [0.717, 1.165) is 32.3 Å². The van der Waals surface area contributed by atoms with E-state index in [0.29, 0.717) is 18.6 Å². The van der Waals surface area contributed by atoms with Gasteiger partial charge in [0.05, 0.1) is 5.60 Å². The number of carbonyl (C=O) groups is 1. The number of ether oxygens (including phenoxy) is 1. The van der Waals surface area contributed by atoms with E-state index in [1.165, 1.54) is 12.8 Å². The SMILES string of the molecule is O=C(CCCO)C1CCOC2(CCCC2)C1. The molecule has 2 fully saturated rings. The number of hydrogen-bond donors (Lipinski definition) is 1. The van der Waals surface area contributed by atoms with Crippen molar-refractivity contribution < 1.29 is 14.6 Å². The molecule has 16 heavy (non-hydrogen) atoms. The standard InChI is InChI=1S/C13H22O3/c14-8-3-4-12(15)11-5-9-16-13(10-11)6-1-2-7-13/h11,14H,1-10H2. The van der Waals surface area contributed by atoms with Crippen LogP contribution >= 0.6 is 0 Å². The first kappa shape index (κ1) is 12.1. The van der Waals surface area contributed by atoms with Crippen molar-refractivity contribution in [2.24, 2.45) is 5.92 Å². The predicted molar refractivity (Wildman–Crippen MR) is 61.2 cm³/mol. The lowest BCUT2D eigenvalue weighted by Crippen LogP contribution is -2.39. The molecule has 3 nitrogen and oxygen atoms in total. The number of ketones is 1. The van der Waals surface area contributed by atoms with Crippen LogP contribution in [0.25, 0.3) is 0 Å². The van der Waals surface area contributed by atoms with Crippen LogP contribution in [0.4, 0.5) is 0 Å². The molecule has 1 spiro atoms. The van der Waals surface area contributed by atoms with Gasteiger partial charge in [-0.1, -0.05) is 12.8 Å². The second-order valence-corrected chi connectivity index (χ2v) is 5.22. The van der Waals surface area contributed by atoms with Crippen LogP contribution in [0, 0.1) is 5.92 Å². The molecule has 0 aromatic rings. The third-order valence-electron chi connectivity index (χ3n) is 4.04. The highest BCUT2D eigenvalue weighted by Gasteiger charge is 2.41. The Morgan fingerprint density at radius 3 is 2.81 bits per heavy atom. The molecule has 2 rings (SSSR count). The largest absolute Gasteiger partial charge is 0.396 e. The smallest absolute Gasteiger partial charge is 0.136 e. The maximum absolute atomic E-state index is 11.9. The van der Waals surface area contributed by atoms with E-state index in [9.17, 15) is 4.79 Å². The lowest BCUT2D eigenvalue weighted by Gasteiger charge is -2.37. The maximum Gasteiger partial charge on any atom is 0.136 e. The van der Waals surface area contributed by atoms with Crippen LogP contribution in [0.1, 0.15) is 51.4 Å². The van der Waals surface area contributed by atoms with Crippen LogP contribution in [0.3, 0.4) is 0 Å². The molecule has 0 amide bonds. The summed E-state index contributed by atoms with van der Waals surface area (Å²) in [7, 11) is 0. The van der Waals surface area contributed by atoms with Gasteiger partial charge in [0.15, 0.2) is 0 Å². The van der Waals surface area contributed by atoms with Gasteiger partial charge >= 0.3 is 0 Å². The molecule has 0 aromatic heterocycles. The van der Waals surface area contributed by atoms with Crippen LogP contribution in [-0.2, 0) is 9.53 Å². The Morgan fingerprint density at radius 1 is 1.38 bits per heavy atom. The average Bonchev–Trinajstić information content (AvgIpc) is 2.74. The molecule has 1 aliphatic heterocycles. The van der Waals surface area contributed by atoms with Gasteiger partial charge in [0, 0.05) is 25.6 Å². The molecular weight excluding hydrogens is 204 g/mol. The number of carbonyl (C=O) groups excluding carboxylic acids is 1. The van der Waals surface area contributed by atoms with Crippen molar-refractivity contribution in [1.82, 2.24) is 0 Å². The van der Waals surface area contributed by atoms with Crippen LogP contribution in [0.2, 0.25) is 0 Å². The normalized spacial score (nSPS) is 28.4. The first-order valence-electron chi connectivity index (χ1n) is 6.53. The van der Waals surface area contributed by atoms with Crippen molar-refractivity contribution in [2.75, 3.05) is 13.2 Å². The molecule has 0 radical (unpaired) electrons. The Morgan fingerprint density at radius 2 is 2.12 bits per heavy atom. The Hall–Kier alpha value is -0.410. The molecule has 0 aromatic carbocycles. The number of rotatable bonds is 4. The van der Waals surface area contributed by atoms with E-state index in [2.05, 4.69) is 0 Å². The monoisotopic (exact) mass is 226 g/mol. The van der Waals surface area contributed by atoms with Gasteiger partial charge in [-0.05, 0) is 32.1 Å². The van der Waals surface area contributed by atoms with E-state index in [1.807, 2.05) is 0 Å². The van der Waals surface area contributed by atoms with Gasteiger partial charge < -0.3 is 9.84 Å². The molecule has 1 heterocycles. The van der Waals surface area contributed by atoms with E-state index in [1.54, 1.807) is 0 Å². The lowest BCUT2D eigenvalue weighted by atomic mass is 9.81. The fourth-order valence-corrected chi connectivity index (χ4v) is 3.13. The quantitative estimate of drug-likeness (QED) is 0.798. The molecule has 1 atom stereocenters. The average molecular weight is 226 g/mol. The minimum atomic E-state index is 0.0395. The first-order chi connectivity index (χ1) is 7.76. The molecule has 2 aliphatic rings. The Kier molecular flexibility index (Phi) is 3.98. The highest BCUT2D eigenvalue weighted by molar-refractivity contribution is 5.81. The van der Waals surface area contributed by atoms with Crippen LogP contribution < -0.4 is 0 Å². The zero-order valence-electron chi connectivity index (χ0n) is 9.91. The zero-order valence-corrected chi connectivity index (χ0v) is 9.91. The van der Waals surface area contributed by atoms with Crippen molar-refractivity contribution in [3.05, 3.63) is 0 Å². The Balaban J connectivity index is 1.88. The van der Waals surface area contributed by atoms with E-state index >= 15 is 0 Å². The van der Waals surface area contributed by atoms with Crippen molar-refractivity contribution in [2.45, 2.75) is 57.0 Å². The van der Waals surface area contributed by atoms with Gasteiger partial charge in [0.25, 0.3) is 0 Å². The molecule has 0 bridgehead atoms. The van der Waals surface area contributed by atoms with Crippen LogP contribution in [0.15, 0.2) is 0 Å². The van der Waals surface area contributed by atoms with Gasteiger partial charge in [-0.15, -0.1) is 0 Å². The van der Waals surface area contributed by atoms with Gasteiger partial charge in [0.1, 0.15) is 5.78 Å². The van der Waals surface area contributed by atoms with Gasteiger partial charge in [-0.2, -0.15) is 0 Å². The van der Waals surface area contributed by atoms with E-state index < -0.39 is 0 Å². The second-order valence-electron chi connectivity index (χ2n) is 5.22. The first-order valence-corrected chi connectivity index (χ1v) is 6.53. The summed E-state index contributed by atoms with van der Waals surface area (Å²) in [6.45, 7) is 0.871. The summed E-state index contributed by atoms with van der Waals surface area (Å²) in [6, 6.07) is 0. The predicted octanol–water partition coefficient (Wildman–Crippen LogP) is 2.07. The van der Waals surface area contributed by atoms with Crippen LogP contribution in [0.5, 0.6) is 0 Å². The summed E-state index contributed by atoms with van der Waals surface area (Å²) in [5.41, 5.74) is 0.0395. The summed E-state index contributed by atoms with van der Waals surface area (Å²) < 4.78 is 5.91. The minimum Gasteiger partial charge on any atom is -0.396 e. The van der Waals surface area contributed by atoms with Crippen molar-refractivity contribution in [1.29, 1.82) is 0 Å². The van der Waals surface area contributed by atoms with Gasteiger partial charge in [0.2, 0.25) is 0 Å². The minimum absolute atomic E-state index is 0.0395. The lowest BCUT2D eigenvalue weighted by molar-refractivity contribution is -0.136. The summed E-state index contributed by atoms with van der Waals surface area (Å²) in [5.74, 6) is 0.530. The van der Waals surface area contributed by atoms with Crippen molar-refractivity contribution >= 4 is 5.78 Å². The Bertz CT molecular complexity index is 244. The third-order valence-corrected chi connectivity index (χ3v) is 4.04. The maximum atomic E-state index is 11.9. The third kappa shape index (κ3) is 2.64. The number of hydrogen-bond acceptors (Lipinski definition) is 3. The molecule has 1 saturated heterocycles. The van der Waals surface area contributed by atoms with E-state index in [-0.39, 0.29) is 18.1 Å². The van der Waals surface area contributed by atoms with E-state index in [4.69, 9.17) is 9.84 Å². The molecule has 1 aliphatic carbocycles. The highest BCUT2D eigenvalue weighted by atomic mass is 16.5. The molecule has 1 N–H and O–H groups in total. The van der Waals surface area contributed by atoms with Crippen molar-refractivity contribution in [3.63, 3.8) is 0 Å².